The van der Waals surface area contributed by atoms with Crippen LogP contribution in [0.3, 0.4) is 0 Å². The number of rotatable bonds is 3. The Balaban J connectivity index is 1.51. The Labute approximate surface area is 184 Å². The van der Waals surface area contributed by atoms with E-state index in [1.54, 1.807) is 19.1 Å². The number of para-hydroxylation sites is 1. The fraction of sp³-hybridized carbons (Fsp3) is 0.304. The van der Waals surface area contributed by atoms with Crippen LogP contribution in [0.25, 0.3) is 0 Å². The van der Waals surface area contributed by atoms with Crippen molar-refractivity contribution in [1.29, 1.82) is 0 Å². The Hall–Kier alpha value is -3.88. The first-order chi connectivity index (χ1) is 15.4. The summed E-state index contributed by atoms with van der Waals surface area (Å²) in [4.78, 5) is 28.1. The van der Waals surface area contributed by atoms with E-state index >= 15 is 0 Å². The molecule has 1 amide bonds. The van der Waals surface area contributed by atoms with E-state index in [0.29, 0.717) is 17.9 Å². The Morgan fingerprint density at radius 3 is 2.78 bits per heavy atom. The van der Waals surface area contributed by atoms with Crippen LogP contribution in [0, 0.1) is 17.0 Å². The largest absolute Gasteiger partial charge is 0.363 e. The second-order valence-electron chi connectivity index (χ2n) is 8.25. The van der Waals surface area contributed by atoms with Crippen molar-refractivity contribution < 1.29 is 14.2 Å². The molecule has 1 saturated heterocycles. The molecule has 2 aliphatic rings. The number of hydrogen-bond acceptors (Lipinski definition) is 7. The van der Waals surface area contributed by atoms with Crippen LogP contribution in [0.2, 0.25) is 0 Å². The molecule has 32 heavy (non-hydrogen) atoms. The second kappa shape index (κ2) is 7.67. The highest BCUT2D eigenvalue weighted by Crippen LogP contribution is 2.48. The highest BCUT2D eigenvalue weighted by molar-refractivity contribution is 5.95. The molecule has 1 N–H and O–H groups in total. The van der Waals surface area contributed by atoms with Crippen molar-refractivity contribution in [2.24, 2.45) is 0 Å². The van der Waals surface area contributed by atoms with E-state index in [2.05, 4.69) is 21.4 Å². The van der Waals surface area contributed by atoms with E-state index in [-0.39, 0.29) is 28.6 Å². The number of fused-ring (bicyclic) bond motifs is 5. The molecule has 1 fully saturated rings. The number of piperidine rings is 1. The zero-order valence-corrected chi connectivity index (χ0v) is 17.8. The molecule has 2 atom stereocenters. The van der Waals surface area contributed by atoms with Gasteiger partial charge in [0.05, 0.1) is 28.5 Å². The molecule has 164 valence electrons. The van der Waals surface area contributed by atoms with Crippen LogP contribution in [-0.4, -0.2) is 35.6 Å². The SMILES string of the molecule is Cc1oncc1C(=O)N[C@@H]1CCN2c3ccc([N+](=O)[O-])cc3N(C)c3ccccc3[C@H]2C1. The fourth-order valence-corrected chi connectivity index (χ4v) is 4.80. The highest BCUT2D eigenvalue weighted by Gasteiger charge is 2.37. The Kier molecular flexibility index (Phi) is 4.80. The van der Waals surface area contributed by atoms with E-state index < -0.39 is 0 Å². The number of aromatic nitrogens is 1. The molecule has 3 heterocycles. The van der Waals surface area contributed by atoms with Gasteiger partial charge in [0, 0.05) is 37.5 Å². The summed E-state index contributed by atoms with van der Waals surface area (Å²) in [7, 11) is 1.94. The van der Waals surface area contributed by atoms with Crippen LogP contribution >= 0.6 is 0 Å². The summed E-state index contributed by atoms with van der Waals surface area (Å²) in [5.41, 5.74) is 4.41. The van der Waals surface area contributed by atoms with Gasteiger partial charge >= 0.3 is 0 Å². The zero-order chi connectivity index (χ0) is 22.4. The number of carbonyl (C=O) groups excluding carboxylic acids is 1. The number of non-ortho nitro benzene ring substituents is 1. The summed E-state index contributed by atoms with van der Waals surface area (Å²) in [6, 6.07) is 13.1. The maximum Gasteiger partial charge on any atom is 0.271 e. The normalized spacial score (nSPS) is 19.4. The standard InChI is InChI=1S/C23H23N5O4/c1-14-18(13-24-32-14)23(29)25-15-9-10-27-20-8-7-16(28(30)31)12-22(20)26(2)19-6-4-3-5-17(19)21(27)11-15/h3-8,12-13,15,21H,9-11H2,1-2H3,(H,25,29)/t15-,21-/m1/s1. The molecule has 0 unspecified atom stereocenters. The molecular formula is C23H23N5O4. The molecule has 9 heteroatoms. The lowest BCUT2D eigenvalue weighted by molar-refractivity contribution is -0.384. The molecule has 5 rings (SSSR count). The van der Waals surface area contributed by atoms with Crippen molar-refractivity contribution in [3.8, 4) is 0 Å². The molecule has 0 bridgehead atoms. The van der Waals surface area contributed by atoms with E-state index in [1.165, 1.54) is 6.20 Å². The number of nitro benzene ring substituents is 1. The molecule has 2 aliphatic heterocycles. The second-order valence-corrected chi connectivity index (χ2v) is 8.25. The third-order valence-electron chi connectivity index (χ3n) is 6.43. The van der Waals surface area contributed by atoms with Gasteiger partial charge in [-0.3, -0.25) is 14.9 Å². The van der Waals surface area contributed by atoms with Crippen LogP contribution in [0.15, 0.2) is 53.2 Å². The summed E-state index contributed by atoms with van der Waals surface area (Å²) < 4.78 is 5.03. The summed E-state index contributed by atoms with van der Waals surface area (Å²) in [5, 5.41) is 18.2. The van der Waals surface area contributed by atoms with Crippen LogP contribution in [-0.2, 0) is 0 Å². The molecular weight excluding hydrogens is 410 g/mol. The Morgan fingerprint density at radius 2 is 2.03 bits per heavy atom. The molecule has 1 aromatic heterocycles. The van der Waals surface area contributed by atoms with Crippen LogP contribution in [0.5, 0.6) is 0 Å². The van der Waals surface area contributed by atoms with Crippen LogP contribution in [0.4, 0.5) is 22.7 Å². The molecule has 0 spiro atoms. The molecule has 9 nitrogen and oxygen atoms in total. The number of benzene rings is 2. The van der Waals surface area contributed by atoms with Gasteiger partial charge in [-0.25, -0.2) is 0 Å². The monoisotopic (exact) mass is 433 g/mol. The molecule has 2 aromatic carbocycles. The topological polar surface area (TPSA) is 105 Å². The van der Waals surface area contributed by atoms with E-state index in [0.717, 1.165) is 35.5 Å². The van der Waals surface area contributed by atoms with Crippen molar-refractivity contribution in [3.05, 3.63) is 75.7 Å². The van der Waals surface area contributed by atoms with Gasteiger partial charge in [0.1, 0.15) is 11.3 Å². The van der Waals surface area contributed by atoms with Crippen LogP contribution < -0.4 is 15.1 Å². The predicted molar refractivity (Wildman–Crippen MR) is 119 cm³/mol. The van der Waals surface area contributed by atoms with E-state index in [9.17, 15) is 14.9 Å². The maximum atomic E-state index is 12.7. The number of aryl methyl sites for hydroxylation is 1. The minimum atomic E-state index is -0.364. The summed E-state index contributed by atoms with van der Waals surface area (Å²) >= 11 is 0. The van der Waals surface area contributed by atoms with Gasteiger partial charge in [-0.15, -0.1) is 0 Å². The molecule has 3 aromatic rings. The molecule has 0 saturated carbocycles. The lowest BCUT2D eigenvalue weighted by Gasteiger charge is -2.41. The Bertz CT molecular complexity index is 1210. The van der Waals surface area contributed by atoms with Gasteiger partial charge in [0.2, 0.25) is 0 Å². The number of nitrogens with one attached hydrogen (secondary N) is 1. The number of carbonyl (C=O) groups is 1. The minimum Gasteiger partial charge on any atom is -0.363 e. The van der Waals surface area contributed by atoms with Crippen molar-refractivity contribution >= 4 is 28.7 Å². The predicted octanol–water partition coefficient (Wildman–Crippen LogP) is 4.11. The lowest BCUT2D eigenvalue weighted by Crippen LogP contribution is -2.46. The number of amides is 1. The quantitative estimate of drug-likeness (QED) is 0.489. The third kappa shape index (κ3) is 3.26. The molecule has 0 aliphatic carbocycles. The van der Waals surface area contributed by atoms with E-state index in [1.807, 2.05) is 36.2 Å². The highest BCUT2D eigenvalue weighted by atomic mass is 16.6. The van der Waals surface area contributed by atoms with Crippen molar-refractivity contribution in [1.82, 2.24) is 10.5 Å². The first-order valence-electron chi connectivity index (χ1n) is 10.5. The number of hydrogen-bond donors (Lipinski definition) is 1. The van der Waals surface area contributed by atoms with Gasteiger partial charge in [0.15, 0.2) is 0 Å². The lowest BCUT2D eigenvalue weighted by atomic mass is 9.90. The molecule has 0 radical (unpaired) electrons. The zero-order valence-electron chi connectivity index (χ0n) is 17.8. The number of nitro groups is 1. The van der Waals surface area contributed by atoms with Crippen LogP contribution in [0.1, 0.15) is 40.6 Å². The fourth-order valence-electron chi connectivity index (χ4n) is 4.80. The summed E-state index contributed by atoms with van der Waals surface area (Å²) in [5.74, 6) is 0.314. The first kappa shape index (κ1) is 20.0. The van der Waals surface area contributed by atoms with Crippen molar-refractivity contribution in [3.63, 3.8) is 0 Å². The van der Waals surface area contributed by atoms with Gasteiger partial charge in [-0.1, -0.05) is 23.4 Å². The number of nitrogens with zero attached hydrogens (tertiary/aromatic N) is 4. The van der Waals surface area contributed by atoms with Gasteiger partial charge < -0.3 is 19.6 Å². The first-order valence-corrected chi connectivity index (χ1v) is 10.5. The van der Waals surface area contributed by atoms with E-state index in [4.69, 9.17) is 4.52 Å². The summed E-state index contributed by atoms with van der Waals surface area (Å²) in [6.45, 7) is 2.43. The maximum absolute atomic E-state index is 12.7. The summed E-state index contributed by atoms with van der Waals surface area (Å²) in [6.07, 6.45) is 2.92. The smallest absolute Gasteiger partial charge is 0.271 e. The average molecular weight is 433 g/mol. The third-order valence-corrected chi connectivity index (χ3v) is 6.43. The number of anilines is 3. The minimum absolute atomic E-state index is 0.0176. The van der Waals surface area contributed by atoms with Gasteiger partial charge in [-0.05, 0) is 37.5 Å². The van der Waals surface area contributed by atoms with Crippen molar-refractivity contribution in [2.75, 3.05) is 23.4 Å². The average Bonchev–Trinajstić information content (AvgIpc) is 3.20. The Morgan fingerprint density at radius 1 is 1.22 bits per heavy atom. The van der Waals surface area contributed by atoms with Gasteiger partial charge in [-0.2, -0.15) is 0 Å². The van der Waals surface area contributed by atoms with Crippen molar-refractivity contribution in [2.45, 2.75) is 31.8 Å². The van der Waals surface area contributed by atoms with Gasteiger partial charge in [0.25, 0.3) is 11.6 Å².